The van der Waals surface area contributed by atoms with Crippen molar-refractivity contribution in [3.05, 3.63) is 76.0 Å². The number of furan rings is 1. The monoisotopic (exact) mass is 390 g/mol. The molecule has 8 heteroatoms. The molecule has 0 radical (unpaired) electrons. The summed E-state index contributed by atoms with van der Waals surface area (Å²) in [7, 11) is 0. The number of H-pyrrole nitrogens is 1. The van der Waals surface area contributed by atoms with Crippen LogP contribution in [0.5, 0.6) is 0 Å². The molecule has 0 aliphatic carbocycles. The zero-order valence-corrected chi connectivity index (χ0v) is 15.6. The molecule has 3 N–H and O–H groups in total. The molecule has 0 aliphatic rings. The topological polar surface area (TPSA) is 117 Å². The molecule has 0 fully saturated rings. The van der Waals surface area contributed by atoms with E-state index >= 15 is 0 Å². The zero-order valence-electron chi connectivity index (χ0n) is 15.6. The number of aromatic nitrogens is 2. The van der Waals surface area contributed by atoms with Crippen LogP contribution in [0.4, 0.5) is 0 Å². The molecule has 0 saturated heterocycles. The van der Waals surface area contributed by atoms with Gasteiger partial charge in [-0.05, 0) is 25.1 Å². The molecule has 4 rings (SSSR count). The number of rotatable bonds is 4. The quantitative estimate of drug-likeness (QED) is 0.463. The van der Waals surface area contributed by atoms with Crippen molar-refractivity contribution in [1.82, 2.24) is 20.8 Å². The van der Waals surface area contributed by atoms with E-state index in [1.807, 2.05) is 18.2 Å². The number of fused-ring (bicyclic) bond motifs is 2. The minimum Gasteiger partial charge on any atom is -0.451 e. The van der Waals surface area contributed by atoms with Gasteiger partial charge in [-0.1, -0.05) is 30.3 Å². The predicted molar refractivity (Wildman–Crippen MR) is 107 cm³/mol. The van der Waals surface area contributed by atoms with E-state index in [1.165, 1.54) is 0 Å². The van der Waals surface area contributed by atoms with E-state index in [0.717, 1.165) is 5.39 Å². The SMILES string of the molecule is Cc1c(C(=O)NNC(=O)CCc2nc3ccccc3c(=O)[nH]2)oc2ccccc12. The van der Waals surface area contributed by atoms with Crippen molar-refractivity contribution in [1.29, 1.82) is 0 Å². The normalized spacial score (nSPS) is 10.9. The molecule has 0 bridgehead atoms. The first-order chi connectivity index (χ1) is 14.0. The Balaban J connectivity index is 1.37. The maximum atomic E-state index is 12.3. The number of carbonyl (C=O) groups is 2. The molecular formula is C21H18N4O4. The van der Waals surface area contributed by atoms with Gasteiger partial charge in [-0.3, -0.25) is 25.2 Å². The van der Waals surface area contributed by atoms with E-state index in [0.29, 0.717) is 27.9 Å². The Morgan fingerprint density at radius 3 is 2.55 bits per heavy atom. The zero-order chi connectivity index (χ0) is 20.4. The number of hydrogen-bond donors (Lipinski definition) is 3. The van der Waals surface area contributed by atoms with Crippen molar-refractivity contribution in [2.45, 2.75) is 19.8 Å². The summed E-state index contributed by atoms with van der Waals surface area (Å²) in [5.41, 5.74) is 6.33. The maximum absolute atomic E-state index is 12.3. The van der Waals surface area contributed by atoms with Gasteiger partial charge in [0.05, 0.1) is 10.9 Å². The van der Waals surface area contributed by atoms with Crippen LogP contribution in [0, 0.1) is 6.92 Å². The number of hydrogen-bond acceptors (Lipinski definition) is 5. The summed E-state index contributed by atoms with van der Waals surface area (Å²) in [6, 6.07) is 14.3. The summed E-state index contributed by atoms with van der Waals surface area (Å²) in [4.78, 5) is 43.5. The van der Waals surface area contributed by atoms with Crippen LogP contribution in [0.2, 0.25) is 0 Å². The fourth-order valence-electron chi connectivity index (χ4n) is 3.12. The molecular weight excluding hydrogens is 372 g/mol. The van der Waals surface area contributed by atoms with Gasteiger partial charge in [0, 0.05) is 23.8 Å². The number of amides is 2. The average Bonchev–Trinajstić information content (AvgIpc) is 3.07. The summed E-state index contributed by atoms with van der Waals surface area (Å²) >= 11 is 0. The smallest absolute Gasteiger partial charge is 0.305 e. The minimum absolute atomic E-state index is 0.0423. The van der Waals surface area contributed by atoms with Gasteiger partial charge >= 0.3 is 5.91 Å². The number of aromatic amines is 1. The third-order valence-electron chi connectivity index (χ3n) is 4.62. The first-order valence-corrected chi connectivity index (χ1v) is 9.08. The second-order valence-electron chi connectivity index (χ2n) is 6.58. The second kappa shape index (κ2) is 7.59. The summed E-state index contributed by atoms with van der Waals surface area (Å²) in [6.45, 7) is 1.78. The first kappa shape index (κ1) is 18.4. The third-order valence-corrected chi connectivity index (χ3v) is 4.62. The molecule has 29 heavy (non-hydrogen) atoms. The summed E-state index contributed by atoms with van der Waals surface area (Å²) < 4.78 is 5.56. The highest BCUT2D eigenvalue weighted by Crippen LogP contribution is 2.24. The van der Waals surface area contributed by atoms with E-state index in [1.54, 1.807) is 37.3 Å². The Morgan fingerprint density at radius 2 is 1.76 bits per heavy atom. The second-order valence-corrected chi connectivity index (χ2v) is 6.58. The van der Waals surface area contributed by atoms with Crippen LogP contribution in [0.15, 0.2) is 57.7 Å². The predicted octanol–water partition coefficient (Wildman–Crippen LogP) is 2.37. The summed E-state index contributed by atoms with van der Waals surface area (Å²) in [6.07, 6.45) is 0.270. The van der Waals surface area contributed by atoms with E-state index in [9.17, 15) is 14.4 Å². The standard InChI is InChI=1S/C21H18N4O4/c1-12-13-6-3-5-9-16(13)29-19(12)21(28)25-24-18(26)11-10-17-22-15-8-4-2-7-14(15)20(27)23-17/h2-9H,10-11H2,1H3,(H,24,26)(H,25,28)(H,22,23,27). The number of hydrazine groups is 1. The molecule has 4 aromatic rings. The van der Waals surface area contributed by atoms with Crippen molar-refractivity contribution in [3.63, 3.8) is 0 Å². The lowest BCUT2D eigenvalue weighted by atomic mass is 10.1. The Kier molecular flexibility index (Phi) is 4.82. The lowest BCUT2D eigenvalue weighted by Gasteiger charge is -2.07. The molecule has 8 nitrogen and oxygen atoms in total. The number of nitrogens with one attached hydrogen (secondary N) is 3. The van der Waals surface area contributed by atoms with Crippen molar-refractivity contribution in [2.75, 3.05) is 0 Å². The van der Waals surface area contributed by atoms with Crippen LogP contribution in [0.3, 0.4) is 0 Å². The van der Waals surface area contributed by atoms with Crippen LogP contribution >= 0.6 is 0 Å². The Bertz CT molecular complexity index is 1290. The van der Waals surface area contributed by atoms with Gasteiger partial charge in [0.15, 0.2) is 5.76 Å². The molecule has 0 aliphatic heterocycles. The molecule has 2 aromatic carbocycles. The Labute approximate surface area is 164 Å². The maximum Gasteiger partial charge on any atom is 0.305 e. The number of aryl methyl sites for hydroxylation is 2. The van der Waals surface area contributed by atoms with Crippen molar-refractivity contribution >= 4 is 33.7 Å². The van der Waals surface area contributed by atoms with Gasteiger partial charge in [0.1, 0.15) is 11.4 Å². The van der Waals surface area contributed by atoms with Gasteiger partial charge < -0.3 is 9.40 Å². The molecule has 0 saturated carbocycles. The highest BCUT2D eigenvalue weighted by molar-refractivity contribution is 5.99. The summed E-state index contributed by atoms with van der Waals surface area (Å²) in [5, 5.41) is 1.34. The fraction of sp³-hybridized carbons (Fsp3) is 0.143. The Hall–Kier alpha value is -3.94. The van der Waals surface area contributed by atoms with Crippen LogP contribution in [0.25, 0.3) is 21.9 Å². The van der Waals surface area contributed by atoms with Crippen LogP contribution < -0.4 is 16.4 Å². The van der Waals surface area contributed by atoms with Gasteiger partial charge in [0.25, 0.3) is 5.56 Å². The molecule has 0 atom stereocenters. The lowest BCUT2D eigenvalue weighted by Crippen LogP contribution is -2.41. The van der Waals surface area contributed by atoms with E-state index < -0.39 is 11.8 Å². The van der Waals surface area contributed by atoms with Crippen LogP contribution in [0.1, 0.15) is 28.4 Å². The molecule has 2 heterocycles. The molecule has 2 aromatic heterocycles. The fourth-order valence-corrected chi connectivity index (χ4v) is 3.12. The number of para-hydroxylation sites is 2. The van der Waals surface area contributed by atoms with Gasteiger partial charge in [-0.25, -0.2) is 4.98 Å². The largest absolute Gasteiger partial charge is 0.451 e. The number of benzene rings is 2. The van der Waals surface area contributed by atoms with Crippen molar-refractivity contribution < 1.29 is 14.0 Å². The Morgan fingerprint density at radius 1 is 1.03 bits per heavy atom. The highest BCUT2D eigenvalue weighted by atomic mass is 16.3. The molecule has 0 spiro atoms. The molecule has 146 valence electrons. The lowest BCUT2D eigenvalue weighted by molar-refractivity contribution is -0.121. The average molecular weight is 390 g/mol. The highest BCUT2D eigenvalue weighted by Gasteiger charge is 2.17. The number of carbonyl (C=O) groups excluding carboxylic acids is 2. The first-order valence-electron chi connectivity index (χ1n) is 9.08. The van der Waals surface area contributed by atoms with Gasteiger partial charge in [0.2, 0.25) is 5.91 Å². The van der Waals surface area contributed by atoms with E-state index in [4.69, 9.17) is 4.42 Å². The van der Waals surface area contributed by atoms with Crippen molar-refractivity contribution in [3.8, 4) is 0 Å². The summed E-state index contributed by atoms with van der Waals surface area (Å²) in [5.74, 6) is -0.400. The molecule has 2 amide bonds. The van der Waals surface area contributed by atoms with Crippen LogP contribution in [-0.4, -0.2) is 21.8 Å². The van der Waals surface area contributed by atoms with Gasteiger partial charge in [-0.15, -0.1) is 0 Å². The van der Waals surface area contributed by atoms with E-state index in [-0.39, 0.29) is 24.2 Å². The van der Waals surface area contributed by atoms with E-state index in [2.05, 4.69) is 20.8 Å². The third kappa shape index (κ3) is 3.73. The number of nitrogens with zero attached hydrogens (tertiary/aromatic N) is 1. The van der Waals surface area contributed by atoms with Crippen molar-refractivity contribution in [2.24, 2.45) is 0 Å². The van der Waals surface area contributed by atoms with Gasteiger partial charge in [-0.2, -0.15) is 0 Å². The van der Waals surface area contributed by atoms with Crippen LogP contribution in [-0.2, 0) is 11.2 Å². The minimum atomic E-state index is -0.538. The molecule has 0 unspecified atom stereocenters.